The standard InChI is InChI=1S/C13H7ClF3N3/c14-10-2-1-9(13(15,16)17)6-11(10)20-12-5-8(7-18)3-4-19-12/h1-6H,(H,19,20). The van der Waals surface area contributed by atoms with Crippen molar-refractivity contribution in [2.24, 2.45) is 0 Å². The van der Waals surface area contributed by atoms with Crippen molar-refractivity contribution < 1.29 is 13.2 Å². The average molecular weight is 298 g/mol. The number of anilines is 2. The van der Waals surface area contributed by atoms with Crippen LogP contribution in [0.25, 0.3) is 0 Å². The molecule has 1 aromatic carbocycles. The van der Waals surface area contributed by atoms with Crippen molar-refractivity contribution in [2.45, 2.75) is 6.18 Å². The van der Waals surface area contributed by atoms with Crippen LogP contribution in [0.5, 0.6) is 0 Å². The number of hydrogen-bond acceptors (Lipinski definition) is 3. The lowest BCUT2D eigenvalue weighted by atomic mass is 10.2. The molecule has 0 saturated carbocycles. The molecule has 1 aromatic heterocycles. The third kappa shape index (κ3) is 3.19. The van der Waals surface area contributed by atoms with E-state index in [-0.39, 0.29) is 16.5 Å². The zero-order valence-corrected chi connectivity index (χ0v) is 10.6. The summed E-state index contributed by atoms with van der Waals surface area (Å²) in [5, 5.41) is 11.5. The summed E-state index contributed by atoms with van der Waals surface area (Å²) in [6.45, 7) is 0. The number of benzene rings is 1. The second-order valence-corrected chi connectivity index (χ2v) is 4.27. The maximum Gasteiger partial charge on any atom is 0.416 e. The molecular weight excluding hydrogens is 291 g/mol. The van der Waals surface area contributed by atoms with Gasteiger partial charge in [0.1, 0.15) is 5.82 Å². The highest BCUT2D eigenvalue weighted by atomic mass is 35.5. The Labute approximate surface area is 117 Å². The van der Waals surface area contributed by atoms with E-state index >= 15 is 0 Å². The first-order valence-corrected chi connectivity index (χ1v) is 5.78. The van der Waals surface area contributed by atoms with Crippen LogP contribution in [0.4, 0.5) is 24.7 Å². The summed E-state index contributed by atoms with van der Waals surface area (Å²) in [7, 11) is 0. The van der Waals surface area contributed by atoms with Crippen LogP contribution in [-0.2, 0) is 6.18 Å². The Hall–Kier alpha value is -2.26. The van der Waals surface area contributed by atoms with Gasteiger partial charge in [0.25, 0.3) is 0 Å². The molecule has 0 fully saturated rings. The molecule has 0 bridgehead atoms. The average Bonchev–Trinajstić information content (AvgIpc) is 2.40. The van der Waals surface area contributed by atoms with Gasteiger partial charge in [0.15, 0.2) is 0 Å². The van der Waals surface area contributed by atoms with Crippen LogP contribution in [-0.4, -0.2) is 4.98 Å². The Kier molecular flexibility index (Phi) is 3.81. The van der Waals surface area contributed by atoms with Crippen molar-refractivity contribution in [1.29, 1.82) is 5.26 Å². The lowest BCUT2D eigenvalue weighted by Gasteiger charge is -2.12. The third-order valence-corrected chi connectivity index (χ3v) is 2.78. The lowest BCUT2D eigenvalue weighted by Crippen LogP contribution is -2.05. The Bertz CT molecular complexity index is 677. The number of halogens is 4. The van der Waals surface area contributed by atoms with Crippen molar-refractivity contribution in [3.05, 3.63) is 52.7 Å². The Morgan fingerprint density at radius 1 is 1.20 bits per heavy atom. The summed E-state index contributed by atoms with van der Waals surface area (Å²) < 4.78 is 37.9. The molecule has 1 heterocycles. The zero-order valence-electron chi connectivity index (χ0n) is 9.87. The van der Waals surface area contributed by atoms with Gasteiger partial charge in [0.05, 0.1) is 27.9 Å². The smallest absolute Gasteiger partial charge is 0.339 e. The molecule has 0 aliphatic rings. The maximum absolute atomic E-state index is 12.6. The fourth-order valence-corrected chi connectivity index (χ4v) is 1.67. The van der Waals surface area contributed by atoms with Gasteiger partial charge in [0.2, 0.25) is 0 Å². The largest absolute Gasteiger partial charge is 0.416 e. The van der Waals surface area contributed by atoms with Crippen molar-refractivity contribution in [2.75, 3.05) is 5.32 Å². The second kappa shape index (κ2) is 5.39. The zero-order chi connectivity index (χ0) is 14.8. The van der Waals surface area contributed by atoms with E-state index in [1.165, 1.54) is 18.3 Å². The van der Waals surface area contributed by atoms with Crippen molar-refractivity contribution in [3.8, 4) is 6.07 Å². The van der Waals surface area contributed by atoms with Crippen LogP contribution in [0.1, 0.15) is 11.1 Å². The van der Waals surface area contributed by atoms with Gasteiger partial charge < -0.3 is 5.32 Å². The van der Waals surface area contributed by atoms with Crippen LogP contribution >= 0.6 is 11.6 Å². The van der Waals surface area contributed by atoms with Crippen LogP contribution in [0.3, 0.4) is 0 Å². The molecule has 0 radical (unpaired) electrons. The first kappa shape index (κ1) is 14.2. The number of hydrogen-bond donors (Lipinski definition) is 1. The van der Waals surface area contributed by atoms with Crippen LogP contribution < -0.4 is 5.32 Å². The first-order valence-electron chi connectivity index (χ1n) is 5.40. The summed E-state index contributed by atoms with van der Waals surface area (Å²) in [4.78, 5) is 3.91. The van der Waals surface area contributed by atoms with Gasteiger partial charge in [-0.05, 0) is 30.3 Å². The van der Waals surface area contributed by atoms with Gasteiger partial charge in [-0.2, -0.15) is 18.4 Å². The molecule has 0 amide bonds. The van der Waals surface area contributed by atoms with Gasteiger partial charge in [-0.1, -0.05) is 11.6 Å². The summed E-state index contributed by atoms with van der Waals surface area (Å²) in [6.07, 6.45) is -3.08. The van der Waals surface area contributed by atoms with Gasteiger partial charge >= 0.3 is 6.18 Å². The van der Waals surface area contributed by atoms with E-state index in [0.717, 1.165) is 18.2 Å². The van der Waals surface area contributed by atoms with Crippen molar-refractivity contribution in [3.63, 3.8) is 0 Å². The quantitative estimate of drug-likeness (QED) is 0.895. The minimum Gasteiger partial charge on any atom is -0.339 e. The predicted molar refractivity (Wildman–Crippen MR) is 68.7 cm³/mol. The summed E-state index contributed by atoms with van der Waals surface area (Å²) in [5.41, 5.74) is -0.407. The first-order chi connectivity index (χ1) is 9.40. The molecule has 3 nitrogen and oxygen atoms in total. The van der Waals surface area contributed by atoms with Crippen molar-refractivity contribution >= 4 is 23.1 Å². The summed E-state index contributed by atoms with van der Waals surface area (Å²) in [5.74, 6) is 0.241. The normalized spacial score (nSPS) is 10.9. The molecule has 102 valence electrons. The van der Waals surface area contributed by atoms with Crippen molar-refractivity contribution in [1.82, 2.24) is 4.98 Å². The highest BCUT2D eigenvalue weighted by Crippen LogP contribution is 2.34. The maximum atomic E-state index is 12.6. The molecule has 0 aliphatic carbocycles. The molecule has 0 unspecified atom stereocenters. The number of nitrogens with one attached hydrogen (secondary N) is 1. The highest BCUT2D eigenvalue weighted by Gasteiger charge is 2.30. The van der Waals surface area contributed by atoms with E-state index in [4.69, 9.17) is 16.9 Å². The number of nitriles is 1. The number of aromatic nitrogens is 1. The minimum atomic E-state index is -4.46. The molecule has 0 spiro atoms. The van der Waals surface area contributed by atoms with E-state index in [0.29, 0.717) is 5.56 Å². The van der Waals surface area contributed by atoms with E-state index in [1.807, 2.05) is 6.07 Å². The summed E-state index contributed by atoms with van der Waals surface area (Å²) >= 11 is 5.85. The minimum absolute atomic E-state index is 0.0732. The van der Waals surface area contributed by atoms with Gasteiger partial charge in [-0.15, -0.1) is 0 Å². The Balaban J connectivity index is 2.35. The monoisotopic (exact) mass is 297 g/mol. The molecule has 0 aliphatic heterocycles. The number of pyridine rings is 1. The van der Waals surface area contributed by atoms with E-state index in [1.54, 1.807) is 0 Å². The molecule has 0 saturated heterocycles. The topological polar surface area (TPSA) is 48.7 Å². The Morgan fingerprint density at radius 3 is 2.60 bits per heavy atom. The predicted octanol–water partition coefficient (Wildman–Crippen LogP) is 4.37. The molecule has 2 rings (SSSR count). The molecule has 20 heavy (non-hydrogen) atoms. The molecule has 1 N–H and O–H groups in total. The molecule has 7 heteroatoms. The SMILES string of the molecule is N#Cc1ccnc(Nc2cc(C(F)(F)F)ccc2Cl)c1. The highest BCUT2D eigenvalue weighted by molar-refractivity contribution is 6.33. The van der Waals surface area contributed by atoms with E-state index in [2.05, 4.69) is 10.3 Å². The molecule has 0 atom stereocenters. The van der Waals surface area contributed by atoms with Gasteiger partial charge in [-0.25, -0.2) is 4.98 Å². The molecule has 2 aromatic rings. The summed E-state index contributed by atoms with van der Waals surface area (Å²) in [6, 6.07) is 7.75. The van der Waals surface area contributed by atoms with Gasteiger partial charge in [0, 0.05) is 6.20 Å². The van der Waals surface area contributed by atoms with Gasteiger partial charge in [-0.3, -0.25) is 0 Å². The van der Waals surface area contributed by atoms with E-state index in [9.17, 15) is 13.2 Å². The third-order valence-electron chi connectivity index (χ3n) is 2.45. The molecular formula is C13H7ClF3N3. The Morgan fingerprint density at radius 2 is 1.95 bits per heavy atom. The fourth-order valence-electron chi connectivity index (χ4n) is 1.50. The number of rotatable bonds is 2. The number of nitrogens with zero attached hydrogens (tertiary/aromatic N) is 2. The van der Waals surface area contributed by atoms with Crippen LogP contribution in [0, 0.1) is 11.3 Å². The lowest BCUT2D eigenvalue weighted by molar-refractivity contribution is -0.137. The fraction of sp³-hybridized carbons (Fsp3) is 0.0769. The van der Waals surface area contributed by atoms with Crippen LogP contribution in [0.15, 0.2) is 36.5 Å². The van der Waals surface area contributed by atoms with E-state index < -0.39 is 11.7 Å². The second-order valence-electron chi connectivity index (χ2n) is 3.86. The van der Waals surface area contributed by atoms with Crippen LogP contribution in [0.2, 0.25) is 5.02 Å². The number of alkyl halides is 3.